The number of carboxylic acids is 1. The lowest BCUT2D eigenvalue weighted by atomic mass is 9.98. The van der Waals surface area contributed by atoms with E-state index in [0.717, 1.165) is 25.9 Å². The van der Waals surface area contributed by atoms with Gasteiger partial charge in [0.1, 0.15) is 0 Å². The van der Waals surface area contributed by atoms with Crippen LogP contribution in [0.2, 0.25) is 0 Å². The van der Waals surface area contributed by atoms with Crippen LogP contribution in [-0.2, 0) is 17.6 Å². The molecular formula is C17H25NO2. The second-order valence-electron chi connectivity index (χ2n) is 5.72. The molecule has 20 heavy (non-hydrogen) atoms. The number of hydrogen-bond donors (Lipinski definition) is 1. The lowest BCUT2D eigenvalue weighted by Gasteiger charge is -2.34. The van der Waals surface area contributed by atoms with Crippen molar-refractivity contribution in [2.45, 2.75) is 51.5 Å². The fraction of sp³-hybridized carbons (Fsp3) is 0.588. The van der Waals surface area contributed by atoms with E-state index in [2.05, 4.69) is 36.1 Å². The highest BCUT2D eigenvalue weighted by Gasteiger charge is 2.23. The van der Waals surface area contributed by atoms with E-state index in [4.69, 9.17) is 5.11 Å². The van der Waals surface area contributed by atoms with Crippen LogP contribution in [0.15, 0.2) is 24.3 Å². The monoisotopic (exact) mass is 275 g/mol. The van der Waals surface area contributed by atoms with Crippen LogP contribution in [0.1, 0.15) is 43.7 Å². The van der Waals surface area contributed by atoms with Crippen LogP contribution >= 0.6 is 0 Å². The van der Waals surface area contributed by atoms with Gasteiger partial charge in [-0.1, -0.05) is 37.6 Å². The minimum atomic E-state index is -0.689. The normalized spacial score (nSPS) is 17.9. The minimum Gasteiger partial charge on any atom is -0.481 e. The van der Waals surface area contributed by atoms with Gasteiger partial charge in [-0.2, -0.15) is 0 Å². The molecule has 1 fully saturated rings. The van der Waals surface area contributed by atoms with Gasteiger partial charge in [-0.05, 0) is 49.9 Å². The van der Waals surface area contributed by atoms with E-state index in [9.17, 15) is 4.79 Å². The Balaban J connectivity index is 2.03. The number of benzene rings is 1. The average molecular weight is 275 g/mol. The molecule has 3 nitrogen and oxygen atoms in total. The topological polar surface area (TPSA) is 40.5 Å². The zero-order valence-electron chi connectivity index (χ0n) is 12.3. The Labute approximate surface area is 121 Å². The standard InChI is InChI=1S/C17H25NO2/c1-2-14-6-8-15(9-7-14)12-16(13-17(19)20)18-10-4-3-5-11-18/h6-9,16H,2-5,10-13H2,1H3,(H,19,20). The third-order valence-corrected chi connectivity index (χ3v) is 4.22. The van der Waals surface area contributed by atoms with E-state index in [1.807, 2.05) is 0 Å². The molecule has 1 aliphatic heterocycles. The molecule has 1 aliphatic rings. The molecular weight excluding hydrogens is 250 g/mol. The smallest absolute Gasteiger partial charge is 0.304 e. The summed E-state index contributed by atoms with van der Waals surface area (Å²) in [5.74, 6) is -0.689. The molecule has 1 saturated heterocycles. The highest BCUT2D eigenvalue weighted by atomic mass is 16.4. The largest absolute Gasteiger partial charge is 0.481 e. The summed E-state index contributed by atoms with van der Waals surface area (Å²) in [4.78, 5) is 13.5. The molecule has 0 saturated carbocycles. The lowest BCUT2D eigenvalue weighted by Crippen LogP contribution is -2.41. The van der Waals surface area contributed by atoms with Gasteiger partial charge in [-0.25, -0.2) is 0 Å². The van der Waals surface area contributed by atoms with Crippen molar-refractivity contribution < 1.29 is 9.90 Å². The molecule has 0 amide bonds. The number of aliphatic carboxylic acids is 1. The predicted molar refractivity (Wildman–Crippen MR) is 81.0 cm³/mol. The summed E-state index contributed by atoms with van der Waals surface area (Å²) in [6.07, 6.45) is 5.81. The Morgan fingerprint density at radius 3 is 2.30 bits per heavy atom. The van der Waals surface area contributed by atoms with Gasteiger partial charge in [0.25, 0.3) is 0 Å². The number of nitrogens with zero attached hydrogens (tertiary/aromatic N) is 1. The van der Waals surface area contributed by atoms with Gasteiger partial charge in [0.15, 0.2) is 0 Å². The molecule has 1 atom stereocenters. The highest BCUT2D eigenvalue weighted by Crippen LogP contribution is 2.18. The number of likely N-dealkylation sites (tertiary alicyclic amines) is 1. The zero-order valence-corrected chi connectivity index (χ0v) is 12.3. The van der Waals surface area contributed by atoms with Crippen molar-refractivity contribution in [2.75, 3.05) is 13.1 Å². The summed E-state index contributed by atoms with van der Waals surface area (Å²) < 4.78 is 0. The van der Waals surface area contributed by atoms with E-state index in [1.165, 1.54) is 30.4 Å². The number of piperidine rings is 1. The van der Waals surface area contributed by atoms with Crippen LogP contribution in [-0.4, -0.2) is 35.1 Å². The van der Waals surface area contributed by atoms with Crippen molar-refractivity contribution in [3.63, 3.8) is 0 Å². The predicted octanol–water partition coefficient (Wildman–Crippen LogP) is 3.12. The van der Waals surface area contributed by atoms with Gasteiger partial charge >= 0.3 is 5.97 Å². The highest BCUT2D eigenvalue weighted by molar-refractivity contribution is 5.67. The molecule has 1 aromatic rings. The molecule has 1 unspecified atom stereocenters. The van der Waals surface area contributed by atoms with Crippen LogP contribution in [0.25, 0.3) is 0 Å². The molecule has 0 spiro atoms. The van der Waals surface area contributed by atoms with Crippen LogP contribution in [0.5, 0.6) is 0 Å². The molecule has 110 valence electrons. The second-order valence-corrected chi connectivity index (χ2v) is 5.72. The Hall–Kier alpha value is -1.35. The van der Waals surface area contributed by atoms with E-state index >= 15 is 0 Å². The Bertz CT molecular complexity index is 421. The summed E-state index contributed by atoms with van der Waals surface area (Å²) in [7, 11) is 0. The third kappa shape index (κ3) is 4.34. The first-order valence-electron chi connectivity index (χ1n) is 7.72. The van der Waals surface area contributed by atoms with Crippen molar-refractivity contribution >= 4 is 5.97 Å². The summed E-state index contributed by atoms with van der Waals surface area (Å²) in [6.45, 7) is 4.24. The number of hydrogen-bond acceptors (Lipinski definition) is 2. The minimum absolute atomic E-state index is 0.139. The summed E-state index contributed by atoms with van der Waals surface area (Å²) >= 11 is 0. The van der Waals surface area contributed by atoms with Crippen LogP contribution in [0.4, 0.5) is 0 Å². The van der Waals surface area contributed by atoms with Gasteiger partial charge in [-0.15, -0.1) is 0 Å². The average Bonchev–Trinajstić information content (AvgIpc) is 2.48. The van der Waals surface area contributed by atoms with Crippen molar-refractivity contribution in [2.24, 2.45) is 0 Å². The van der Waals surface area contributed by atoms with Crippen LogP contribution in [0.3, 0.4) is 0 Å². The zero-order chi connectivity index (χ0) is 14.4. The van der Waals surface area contributed by atoms with Gasteiger partial charge in [0.05, 0.1) is 6.42 Å². The maximum absolute atomic E-state index is 11.1. The second kappa shape index (κ2) is 7.44. The lowest BCUT2D eigenvalue weighted by molar-refractivity contribution is -0.138. The van der Waals surface area contributed by atoms with E-state index in [0.29, 0.717) is 0 Å². The molecule has 0 aliphatic carbocycles. The maximum Gasteiger partial charge on any atom is 0.304 e. The number of rotatable bonds is 6. The number of carbonyl (C=O) groups is 1. The summed E-state index contributed by atoms with van der Waals surface area (Å²) in [6, 6.07) is 8.75. The first kappa shape index (κ1) is 15.0. The van der Waals surface area contributed by atoms with Crippen molar-refractivity contribution in [1.29, 1.82) is 0 Å². The SMILES string of the molecule is CCc1ccc(CC(CC(=O)O)N2CCCCC2)cc1. The molecule has 0 aromatic heterocycles. The first-order valence-corrected chi connectivity index (χ1v) is 7.72. The Morgan fingerprint density at radius 1 is 1.15 bits per heavy atom. The quantitative estimate of drug-likeness (QED) is 0.867. The van der Waals surface area contributed by atoms with Crippen molar-refractivity contribution in [1.82, 2.24) is 4.90 Å². The van der Waals surface area contributed by atoms with E-state index in [1.54, 1.807) is 0 Å². The Kier molecular flexibility index (Phi) is 5.60. The van der Waals surface area contributed by atoms with Crippen LogP contribution < -0.4 is 0 Å². The first-order chi connectivity index (χ1) is 9.69. The maximum atomic E-state index is 11.1. The fourth-order valence-corrected chi connectivity index (χ4v) is 3.00. The van der Waals surface area contributed by atoms with Gasteiger partial charge < -0.3 is 5.11 Å². The number of aryl methyl sites for hydroxylation is 1. The third-order valence-electron chi connectivity index (χ3n) is 4.22. The molecule has 0 bridgehead atoms. The summed E-state index contributed by atoms with van der Waals surface area (Å²) in [5.41, 5.74) is 2.58. The van der Waals surface area contributed by atoms with Gasteiger partial charge in [0.2, 0.25) is 0 Å². The van der Waals surface area contributed by atoms with Gasteiger partial charge in [0, 0.05) is 6.04 Å². The molecule has 1 N–H and O–H groups in total. The van der Waals surface area contributed by atoms with Crippen molar-refractivity contribution in [3.8, 4) is 0 Å². The fourth-order valence-electron chi connectivity index (χ4n) is 3.00. The van der Waals surface area contributed by atoms with Crippen LogP contribution in [0, 0.1) is 0 Å². The molecule has 3 heteroatoms. The number of carboxylic acid groups (broad SMARTS) is 1. The summed E-state index contributed by atoms with van der Waals surface area (Å²) in [5, 5.41) is 9.15. The van der Waals surface area contributed by atoms with E-state index in [-0.39, 0.29) is 12.5 Å². The van der Waals surface area contributed by atoms with Gasteiger partial charge in [-0.3, -0.25) is 9.69 Å². The van der Waals surface area contributed by atoms with Crippen molar-refractivity contribution in [3.05, 3.63) is 35.4 Å². The molecule has 1 aromatic carbocycles. The molecule has 1 heterocycles. The molecule has 0 radical (unpaired) electrons. The van der Waals surface area contributed by atoms with E-state index < -0.39 is 5.97 Å². The molecule has 2 rings (SSSR count). The Morgan fingerprint density at radius 2 is 1.75 bits per heavy atom.